The number of anilines is 1. The molecule has 6 rings (SSSR count). The number of piperazine rings is 1. The molecule has 5 aliphatic rings. The normalized spacial score (nSPS) is 35.3. The zero-order chi connectivity index (χ0) is 20.0. The summed E-state index contributed by atoms with van der Waals surface area (Å²) >= 11 is 6.20. The second kappa shape index (κ2) is 8.03. The van der Waals surface area contributed by atoms with Crippen molar-refractivity contribution in [2.75, 3.05) is 44.2 Å². The van der Waals surface area contributed by atoms with Gasteiger partial charge in [-0.2, -0.15) is 0 Å². The minimum Gasteiger partial charge on any atom is -0.389 e. The number of aliphatic hydroxyl groups excluding tert-OH is 1. The van der Waals surface area contributed by atoms with Crippen LogP contribution >= 0.6 is 11.6 Å². The van der Waals surface area contributed by atoms with E-state index in [1.165, 1.54) is 49.8 Å². The third-order valence-electron chi connectivity index (χ3n) is 7.92. The number of halogens is 1. The topological polar surface area (TPSA) is 35.9 Å². The quantitative estimate of drug-likeness (QED) is 0.753. The molecule has 0 radical (unpaired) electrons. The fourth-order valence-electron chi connectivity index (χ4n) is 6.93. The van der Waals surface area contributed by atoms with Crippen molar-refractivity contribution in [1.29, 1.82) is 0 Å². The zero-order valence-corrected chi connectivity index (χ0v) is 18.4. The second-order valence-corrected chi connectivity index (χ2v) is 10.7. The van der Waals surface area contributed by atoms with Crippen molar-refractivity contribution >= 4 is 17.3 Å². The van der Waals surface area contributed by atoms with Crippen molar-refractivity contribution in [1.82, 2.24) is 4.90 Å². The Bertz CT molecular complexity index is 696. The highest BCUT2D eigenvalue weighted by atomic mass is 35.5. The van der Waals surface area contributed by atoms with Gasteiger partial charge in [0.15, 0.2) is 0 Å². The number of aryl methyl sites for hydroxylation is 1. The summed E-state index contributed by atoms with van der Waals surface area (Å²) in [5, 5.41) is 11.5. The van der Waals surface area contributed by atoms with Crippen LogP contribution in [-0.4, -0.2) is 61.0 Å². The van der Waals surface area contributed by atoms with Gasteiger partial charge in [-0.3, -0.25) is 4.90 Å². The molecule has 5 heteroatoms. The Hall–Kier alpha value is -0.810. The number of hydrogen-bond acceptors (Lipinski definition) is 4. The Balaban J connectivity index is 1.09. The Kier molecular flexibility index (Phi) is 5.57. The molecule has 1 atom stereocenters. The van der Waals surface area contributed by atoms with E-state index in [0.29, 0.717) is 13.2 Å². The van der Waals surface area contributed by atoms with E-state index in [9.17, 15) is 5.11 Å². The summed E-state index contributed by atoms with van der Waals surface area (Å²) in [6.07, 6.45) is 7.63. The van der Waals surface area contributed by atoms with E-state index in [-0.39, 0.29) is 11.7 Å². The van der Waals surface area contributed by atoms with Crippen LogP contribution in [-0.2, 0) is 4.74 Å². The van der Waals surface area contributed by atoms with Crippen LogP contribution in [0.25, 0.3) is 0 Å². The highest BCUT2D eigenvalue weighted by molar-refractivity contribution is 6.30. The molecule has 1 heterocycles. The minimum atomic E-state index is -0.387. The number of nitrogens with zero attached hydrogens (tertiary/aromatic N) is 2. The lowest BCUT2D eigenvalue weighted by Gasteiger charge is -2.56. The van der Waals surface area contributed by atoms with Gasteiger partial charge in [0.25, 0.3) is 0 Å². The van der Waals surface area contributed by atoms with Crippen molar-refractivity contribution in [3.8, 4) is 0 Å². The fourth-order valence-corrected chi connectivity index (χ4v) is 7.09. The van der Waals surface area contributed by atoms with Crippen molar-refractivity contribution in [2.45, 2.75) is 57.2 Å². The molecule has 0 unspecified atom stereocenters. The van der Waals surface area contributed by atoms with Crippen LogP contribution in [0.1, 0.15) is 44.1 Å². The van der Waals surface area contributed by atoms with E-state index in [2.05, 4.69) is 28.9 Å². The zero-order valence-electron chi connectivity index (χ0n) is 17.7. The molecule has 0 aromatic heterocycles. The van der Waals surface area contributed by atoms with Gasteiger partial charge in [0.05, 0.1) is 18.3 Å². The summed E-state index contributed by atoms with van der Waals surface area (Å²) in [4.78, 5) is 4.79. The van der Waals surface area contributed by atoms with Crippen LogP contribution in [0.4, 0.5) is 5.69 Å². The standard InChI is InChI=1S/C24H35ClN2O2/c1-17-2-3-21(25)11-23(17)27-6-4-26(5-7-27)15-22(28)16-29-24-12-18-8-19(13-24)10-20(9-18)14-24/h2-3,11,18-20,22,28H,4-10,12-16H2,1H3/t18?,19?,20?,22-,24?/m0/s1. The molecular formula is C24H35ClN2O2. The molecular weight excluding hydrogens is 384 g/mol. The van der Waals surface area contributed by atoms with E-state index in [4.69, 9.17) is 16.3 Å². The van der Waals surface area contributed by atoms with E-state index in [1.54, 1.807) is 0 Å². The average molecular weight is 419 g/mol. The Morgan fingerprint density at radius 2 is 1.69 bits per heavy atom. The van der Waals surface area contributed by atoms with E-state index < -0.39 is 0 Å². The minimum absolute atomic E-state index is 0.0958. The molecule has 160 valence electrons. The van der Waals surface area contributed by atoms with E-state index in [1.807, 2.05) is 6.07 Å². The van der Waals surface area contributed by atoms with Gasteiger partial charge in [-0.15, -0.1) is 0 Å². The molecule has 0 spiro atoms. The Labute approximate surface area is 180 Å². The fraction of sp³-hybridized carbons (Fsp3) is 0.750. The first kappa shape index (κ1) is 20.1. The molecule has 29 heavy (non-hydrogen) atoms. The largest absolute Gasteiger partial charge is 0.389 e. The summed E-state index contributed by atoms with van der Waals surface area (Å²) in [6.45, 7) is 7.26. The van der Waals surface area contributed by atoms with Gasteiger partial charge >= 0.3 is 0 Å². The summed E-state index contributed by atoms with van der Waals surface area (Å²) in [6, 6.07) is 6.12. The smallest absolute Gasteiger partial charge is 0.0900 e. The molecule has 1 aromatic rings. The van der Waals surface area contributed by atoms with Crippen molar-refractivity contribution < 1.29 is 9.84 Å². The molecule has 1 N–H and O–H groups in total. The SMILES string of the molecule is Cc1ccc(Cl)cc1N1CCN(C[C@H](O)COC23CC4CC(CC(C4)C2)C3)CC1. The molecule has 1 saturated heterocycles. The maximum Gasteiger partial charge on any atom is 0.0900 e. The second-order valence-electron chi connectivity index (χ2n) is 10.3. The highest BCUT2D eigenvalue weighted by Gasteiger charge is 2.51. The lowest BCUT2D eigenvalue weighted by Crippen LogP contribution is -2.53. The maximum atomic E-state index is 10.7. The molecule has 5 fully saturated rings. The number of rotatable bonds is 6. The monoisotopic (exact) mass is 418 g/mol. The lowest BCUT2D eigenvalue weighted by atomic mass is 9.54. The predicted molar refractivity (Wildman–Crippen MR) is 118 cm³/mol. The molecule has 4 aliphatic carbocycles. The lowest BCUT2D eigenvalue weighted by molar-refractivity contribution is -0.176. The van der Waals surface area contributed by atoms with Gasteiger partial charge in [-0.1, -0.05) is 17.7 Å². The highest BCUT2D eigenvalue weighted by Crippen LogP contribution is 2.57. The van der Waals surface area contributed by atoms with Crippen molar-refractivity contribution in [2.24, 2.45) is 17.8 Å². The first-order valence-corrected chi connectivity index (χ1v) is 11.9. The van der Waals surface area contributed by atoms with E-state index >= 15 is 0 Å². The Morgan fingerprint density at radius 1 is 1.07 bits per heavy atom. The van der Waals surface area contributed by atoms with Crippen LogP contribution in [0.3, 0.4) is 0 Å². The number of hydrogen-bond donors (Lipinski definition) is 1. The summed E-state index contributed by atoms with van der Waals surface area (Å²) in [7, 11) is 0. The number of ether oxygens (including phenoxy) is 1. The van der Waals surface area contributed by atoms with Gasteiger partial charge in [0.2, 0.25) is 0 Å². The summed E-state index contributed by atoms with van der Waals surface area (Å²) in [5.41, 5.74) is 2.60. The molecule has 4 bridgehead atoms. The summed E-state index contributed by atoms with van der Waals surface area (Å²) in [5.74, 6) is 2.67. The van der Waals surface area contributed by atoms with Crippen LogP contribution < -0.4 is 4.90 Å². The van der Waals surface area contributed by atoms with Gasteiger partial charge < -0.3 is 14.7 Å². The predicted octanol–water partition coefficient (Wildman–Crippen LogP) is 4.12. The number of β-amino-alcohol motifs (C(OH)–C–C–N with tert-alkyl or cyclic N) is 1. The molecule has 4 saturated carbocycles. The van der Waals surface area contributed by atoms with Gasteiger partial charge in [-0.25, -0.2) is 0 Å². The van der Waals surface area contributed by atoms with Crippen LogP contribution in [0.15, 0.2) is 18.2 Å². The molecule has 0 amide bonds. The maximum absolute atomic E-state index is 10.7. The van der Waals surface area contributed by atoms with Crippen LogP contribution in [0, 0.1) is 24.7 Å². The van der Waals surface area contributed by atoms with Crippen molar-refractivity contribution in [3.05, 3.63) is 28.8 Å². The van der Waals surface area contributed by atoms with Crippen LogP contribution in [0.2, 0.25) is 5.02 Å². The molecule has 4 nitrogen and oxygen atoms in total. The van der Waals surface area contributed by atoms with Gasteiger partial charge in [-0.05, 0) is 80.9 Å². The van der Waals surface area contributed by atoms with Gasteiger partial charge in [0, 0.05) is 43.4 Å². The first-order valence-electron chi connectivity index (χ1n) is 11.5. The van der Waals surface area contributed by atoms with Crippen LogP contribution in [0.5, 0.6) is 0 Å². The number of benzene rings is 1. The third kappa shape index (κ3) is 4.32. The van der Waals surface area contributed by atoms with E-state index in [0.717, 1.165) is 49.0 Å². The summed E-state index contributed by atoms with van der Waals surface area (Å²) < 4.78 is 6.46. The first-order chi connectivity index (χ1) is 14.0. The number of aliphatic hydroxyl groups is 1. The Morgan fingerprint density at radius 3 is 2.31 bits per heavy atom. The molecule has 1 aromatic carbocycles. The van der Waals surface area contributed by atoms with Gasteiger partial charge in [0.1, 0.15) is 0 Å². The van der Waals surface area contributed by atoms with Crippen molar-refractivity contribution in [3.63, 3.8) is 0 Å². The average Bonchev–Trinajstić information content (AvgIpc) is 2.68. The molecule has 1 aliphatic heterocycles. The third-order valence-corrected chi connectivity index (χ3v) is 8.15.